The maximum atomic E-state index is 12.3. The van der Waals surface area contributed by atoms with Crippen LogP contribution >= 0.6 is 0 Å². The SMILES string of the molecule is COCCN1C(=O)N[C@@H]2CN(c3c(C)cnc4c(C)cccc34)CC[C@@H]21. The van der Waals surface area contributed by atoms with E-state index in [4.69, 9.17) is 4.74 Å². The third kappa shape index (κ3) is 2.78. The Morgan fingerprint density at radius 2 is 2.15 bits per heavy atom. The van der Waals surface area contributed by atoms with Crippen molar-refractivity contribution in [3.8, 4) is 0 Å². The number of aryl methyl sites for hydroxylation is 2. The van der Waals surface area contributed by atoms with Gasteiger partial charge in [0, 0.05) is 38.3 Å². The zero-order valence-electron chi connectivity index (χ0n) is 15.7. The minimum Gasteiger partial charge on any atom is -0.383 e. The van der Waals surface area contributed by atoms with E-state index in [1.165, 1.54) is 22.2 Å². The molecule has 0 unspecified atom stereocenters. The normalized spacial score (nSPS) is 22.7. The summed E-state index contributed by atoms with van der Waals surface area (Å²) in [6.45, 7) is 7.22. The Bertz CT molecular complexity index is 838. The Morgan fingerprint density at radius 3 is 2.96 bits per heavy atom. The quantitative estimate of drug-likeness (QED) is 0.916. The van der Waals surface area contributed by atoms with Gasteiger partial charge in [-0.25, -0.2) is 4.79 Å². The Morgan fingerprint density at radius 1 is 1.31 bits per heavy atom. The van der Waals surface area contributed by atoms with Crippen molar-refractivity contribution in [1.29, 1.82) is 0 Å². The highest BCUT2D eigenvalue weighted by Crippen LogP contribution is 2.34. The molecule has 0 saturated carbocycles. The lowest BCUT2D eigenvalue weighted by Gasteiger charge is -2.39. The fraction of sp³-hybridized carbons (Fsp3) is 0.500. The molecular weight excluding hydrogens is 328 g/mol. The molecule has 0 radical (unpaired) electrons. The van der Waals surface area contributed by atoms with Crippen molar-refractivity contribution in [3.05, 3.63) is 35.5 Å². The van der Waals surface area contributed by atoms with Crippen molar-refractivity contribution in [3.63, 3.8) is 0 Å². The van der Waals surface area contributed by atoms with Gasteiger partial charge in [0.2, 0.25) is 0 Å². The molecular formula is C20H26N4O2. The van der Waals surface area contributed by atoms with Crippen LogP contribution in [0.5, 0.6) is 0 Å². The fourth-order valence-electron chi connectivity index (χ4n) is 4.38. The van der Waals surface area contributed by atoms with E-state index in [9.17, 15) is 4.79 Å². The Kier molecular flexibility index (Phi) is 4.44. The Balaban J connectivity index is 1.62. The van der Waals surface area contributed by atoms with E-state index in [-0.39, 0.29) is 18.1 Å². The van der Waals surface area contributed by atoms with Gasteiger partial charge in [0.05, 0.1) is 29.9 Å². The van der Waals surface area contributed by atoms with Crippen molar-refractivity contribution in [2.75, 3.05) is 38.3 Å². The molecule has 2 fully saturated rings. The first kappa shape index (κ1) is 17.1. The molecule has 4 rings (SSSR count). The monoisotopic (exact) mass is 354 g/mol. The third-order valence-electron chi connectivity index (χ3n) is 5.65. The molecule has 0 bridgehead atoms. The van der Waals surface area contributed by atoms with Crippen LogP contribution in [0.2, 0.25) is 0 Å². The Hall–Kier alpha value is -2.34. The molecule has 6 nitrogen and oxygen atoms in total. The molecule has 2 aromatic rings. The topological polar surface area (TPSA) is 57.7 Å². The van der Waals surface area contributed by atoms with E-state index in [2.05, 4.69) is 47.2 Å². The van der Waals surface area contributed by atoms with Gasteiger partial charge in [0.1, 0.15) is 0 Å². The number of ether oxygens (including phenoxy) is 1. The number of fused-ring (bicyclic) bond motifs is 2. The van der Waals surface area contributed by atoms with E-state index in [0.29, 0.717) is 13.2 Å². The second-order valence-electron chi connectivity index (χ2n) is 7.31. The smallest absolute Gasteiger partial charge is 0.318 e. The first-order valence-corrected chi connectivity index (χ1v) is 9.26. The van der Waals surface area contributed by atoms with Crippen molar-refractivity contribution < 1.29 is 9.53 Å². The minimum atomic E-state index is 0.0334. The number of benzene rings is 1. The summed E-state index contributed by atoms with van der Waals surface area (Å²) in [7, 11) is 1.67. The van der Waals surface area contributed by atoms with E-state index in [1.807, 2.05) is 11.1 Å². The number of para-hydroxylation sites is 1. The number of anilines is 1. The highest BCUT2D eigenvalue weighted by atomic mass is 16.5. The molecule has 2 atom stereocenters. The molecule has 1 N–H and O–H groups in total. The average Bonchev–Trinajstić information content (AvgIpc) is 2.94. The number of nitrogens with one attached hydrogen (secondary N) is 1. The fourth-order valence-corrected chi connectivity index (χ4v) is 4.38. The van der Waals surface area contributed by atoms with Crippen LogP contribution in [-0.2, 0) is 4.74 Å². The van der Waals surface area contributed by atoms with Crippen LogP contribution in [0.4, 0.5) is 10.5 Å². The van der Waals surface area contributed by atoms with E-state index >= 15 is 0 Å². The lowest BCUT2D eigenvalue weighted by molar-refractivity contribution is 0.140. The van der Waals surface area contributed by atoms with Gasteiger partial charge in [-0.05, 0) is 31.4 Å². The molecule has 2 aliphatic rings. The summed E-state index contributed by atoms with van der Waals surface area (Å²) in [6, 6.07) is 6.79. The minimum absolute atomic E-state index is 0.0334. The summed E-state index contributed by atoms with van der Waals surface area (Å²) in [4.78, 5) is 21.3. The van der Waals surface area contributed by atoms with Crippen LogP contribution in [0.1, 0.15) is 17.5 Å². The number of methoxy groups -OCH3 is 1. The van der Waals surface area contributed by atoms with Gasteiger partial charge < -0.3 is 19.9 Å². The number of hydrogen-bond donors (Lipinski definition) is 1. The first-order chi connectivity index (χ1) is 12.6. The zero-order chi connectivity index (χ0) is 18.3. The molecule has 0 spiro atoms. The molecule has 6 heteroatoms. The summed E-state index contributed by atoms with van der Waals surface area (Å²) in [5.41, 5.74) is 4.69. The van der Waals surface area contributed by atoms with Gasteiger partial charge in [-0.1, -0.05) is 18.2 Å². The summed E-state index contributed by atoms with van der Waals surface area (Å²) >= 11 is 0. The van der Waals surface area contributed by atoms with Crippen LogP contribution < -0.4 is 10.2 Å². The number of piperidine rings is 1. The van der Waals surface area contributed by atoms with Crippen molar-refractivity contribution in [2.45, 2.75) is 32.4 Å². The molecule has 3 heterocycles. The average molecular weight is 354 g/mol. The van der Waals surface area contributed by atoms with Crippen LogP contribution in [0.15, 0.2) is 24.4 Å². The third-order valence-corrected chi connectivity index (χ3v) is 5.65. The van der Waals surface area contributed by atoms with E-state index in [0.717, 1.165) is 25.0 Å². The number of rotatable bonds is 4. The zero-order valence-corrected chi connectivity index (χ0v) is 15.7. The van der Waals surface area contributed by atoms with Crippen molar-refractivity contribution in [2.24, 2.45) is 0 Å². The number of aromatic nitrogens is 1. The largest absolute Gasteiger partial charge is 0.383 e. The van der Waals surface area contributed by atoms with Gasteiger partial charge in [-0.15, -0.1) is 0 Å². The number of carbonyl (C=O) groups excluding carboxylic acids is 1. The highest BCUT2D eigenvalue weighted by molar-refractivity contribution is 5.95. The molecule has 1 aromatic heterocycles. The lowest BCUT2D eigenvalue weighted by atomic mass is 9.97. The van der Waals surface area contributed by atoms with Crippen LogP contribution in [0.3, 0.4) is 0 Å². The predicted octanol–water partition coefficient (Wildman–Crippen LogP) is 2.47. The van der Waals surface area contributed by atoms with Gasteiger partial charge >= 0.3 is 6.03 Å². The summed E-state index contributed by atoms with van der Waals surface area (Å²) in [6.07, 6.45) is 2.93. The van der Waals surface area contributed by atoms with Gasteiger partial charge in [-0.3, -0.25) is 4.98 Å². The lowest BCUT2D eigenvalue weighted by Crippen LogP contribution is -2.51. The second-order valence-corrected chi connectivity index (χ2v) is 7.31. The second kappa shape index (κ2) is 6.76. The van der Waals surface area contributed by atoms with E-state index in [1.54, 1.807) is 7.11 Å². The predicted molar refractivity (Wildman–Crippen MR) is 103 cm³/mol. The maximum Gasteiger partial charge on any atom is 0.318 e. The van der Waals surface area contributed by atoms with Crippen LogP contribution in [0.25, 0.3) is 10.9 Å². The Labute approximate surface area is 154 Å². The van der Waals surface area contributed by atoms with Crippen LogP contribution in [-0.4, -0.2) is 61.3 Å². The number of carbonyl (C=O) groups is 1. The highest BCUT2D eigenvalue weighted by Gasteiger charge is 2.42. The van der Waals surface area contributed by atoms with Gasteiger partial charge in [0.15, 0.2) is 0 Å². The molecule has 1 aromatic carbocycles. The molecule has 2 saturated heterocycles. The van der Waals surface area contributed by atoms with Crippen LogP contribution in [0, 0.1) is 13.8 Å². The summed E-state index contributed by atoms with van der Waals surface area (Å²) < 4.78 is 5.16. The van der Waals surface area contributed by atoms with Gasteiger partial charge in [0.25, 0.3) is 0 Å². The molecule has 2 aliphatic heterocycles. The molecule has 138 valence electrons. The van der Waals surface area contributed by atoms with Gasteiger partial charge in [-0.2, -0.15) is 0 Å². The maximum absolute atomic E-state index is 12.3. The number of hydrogen-bond acceptors (Lipinski definition) is 4. The van der Waals surface area contributed by atoms with E-state index < -0.39 is 0 Å². The molecule has 26 heavy (non-hydrogen) atoms. The van der Waals surface area contributed by atoms with Crippen molar-refractivity contribution in [1.82, 2.24) is 15.2 Å². The number of urea groups is 1. The first-order valence-electron chi connectivity index (χ1n) is 9.26. The van der Waals surface area contributed by atoms with Crippen molar-refractivity contribution >= 4 is 22.6 Å². The summed E-state index contributed by atoms with van der Waals surface area (Å²) in [5.74, 6) is 0. The molecule has 2 amide bonds. The number of amides is 2. The molecule has 0 aliphatic carbocycles. The number of nitrogens with zero attached hydrogens (tertiary/aromatic N) is 3. The number of pyridine rings is 1. The standard InChI is InChI=1S/C20H26N4O2/c1-13-5-4-6-15-18(13)21-11-14(2)19(15)23-8-7-17-16(12-23)22-20(25)24(17)9-10-26-3/h4-6,11,16-17H,7-10,12H2,1-3H3,(H,22,25)/t16-,17+/m1/s1. The summed E-state index contributed by atoms with van der Waals surface area (Å²) in [5, 5.41) is 4.37.